The number of aryl methyl sites for hydroxylation is 2. The van der Waals surface area contributed by atoms with Crippen molar-refractivity contribution >= 4 is 5.82 Å². The van der Waals surface area contributed by atoms with Crippen LogP contribution in [0.3, 0.4) is 0 Å². The zero-order chi connectivity index (χ0) is 16.4. The standard InChI is InChI=1S/C17H26N6/c1-13(2)17-19-14(3)11-15(20-17)23-9-7-22(8-10-23)12-16-18-5-6-21(16)4/h5-6,11,13H,7-10,12H2,1-4H3. The van der Waals surface area contributed by atoms with Crippen LogP contribution in [-0.2, 0) is 13.6 Å². The lowest BCUT2D eigenvalue weighted by Gasteiger charge is -2.35. The molecule has 1 fully saturated rings. The lowest BCUT2D eigenvalue weighted by Crippen LogP contribution is -2.46. The van der Waals surface area contributed by atoms with E-state index >= 15 is 0 Å². The van der Waals surface area contributed by atoms with Gasteiger partial charge in [-0.3, -0.25) is 4.90 Å². The first kappa shape index (κ1) is 15.9. The SMILES string of the molecule is Cc1cc(N2CCN(Cc3nccn3C)CC2)nc(C(C)C)n1. The lowest BCUT2D eigenvalue weighted by atomic mass is 10.2. The van der Waals surface area contributed by atoms with Gasteiger partial charge in [0.2, 0.25) is 0 Å². The Hall–Kier alpha value is -1.95. The van der Waals surface area contributed by atoms with Crippen LogP contribution >= 0.6 is 0 Å². The minimum absolute atomic E-state index is 0.360. The summed E-state index contributed by atoms with van der Waals surface area (Å²) in [6.45, 7) is 11.3. The molecule has 1 aliphatic heterocycles. The van der Waals surface area contributed by atoms with Gasteiger partial charge in [-0.1, -0.05) is 13.8 Å². The molecule has 2 aromatic heterocycles. The summed E-state index contributed by atoms with van der Waals surface area (Å²) in [5.41, 5.74) is 1.05. The molecule has 6 heteroatoms. The smallest absolute Gasteiger partial charge is 0.133 e. The van der Waals surface area contributed by atoms with Crippen molar-refractivity contribution in [1.82, 2.24) is 24.4 Å². The number of nitrogens with zero attached hydrogens (tertiary/aromatic N) is 6. The molecule has 3 rings (SSSR count). The van der Waals surface area contributed by atoms with Gasteiger partial charge in [0.15, 0.2) is 0 Å². The second kappa shape index (κ2) is 6.66. The first-order valence-electron chi connectivity index (χ1n) is 8.32. The van der Waals surface area contributed by atoms with E-state index in [1.807, 2.05) is 19.3 Å². The molecule has 1 saturated heterocycles. The van der Waals surface area contributed by atoms with E-state index < -0.39 is 0 Å². The highest BCUT2D eigenvalue weighted by Gasteiger charge is 2.20. The van der Waals surface area contributed by atoms with Crippen LogP contribution in [0.4, 0.5) is 5.82 Å². The Morgan fingerprint density at radius 2 is 1.87 bits per heavy atom. The number of anilines is 1. The average Bonchev–Trinajstić information content (AvgIpc) is 2.92. The Labute approximate surface area is 138 Å². The quantitative estimate of drug-likeness (QED) is 0.863. The fourth-order valence-electron chi connectivity index (χ4n) is 2.88. The number of rotatable bonds is 4. The monoisotopic (exact) mass is 314 g/mol. The van der Waals surface area contributed by atoms with Crippen LogP contribution in [-0.4, -0.2) is 50.6 Å². The number of imidazole rings is 1. The minimum Gasteiger partial charge on any atom is -0.354 e. The van der Waals surface area contributed by atoms with Gasteiger partial charge in [0.05, 0.1) is 6.54 Å². The molecule has 0 unspecified atom stereocenters. The highest BCUT2D eigenvalue weighted by molar-refractivity contribution is 5.40. The molecule has 2 aromatic rings. The highest BCUT2D eigenvalue weighted by atomic mass is 15.3. The van der Waals surface area contributed by atoms with E-state index in [1.54, 1.807) is 0 Å². The van der Waals surface area contributed by atoms with Crippen molar-refractivity contribution in [3.63, 3.8) is 0 Å². The van der Waals surface area contributed by atoms with Gasteiger partial charge in [-0.05, 0) is 6.92 Å². The van der Waals surface area contributed by atoms with E-state index in [2.05, 4.69) is 51.3 Å². The number of piperazine rings is 1. The normalized spacial score (nSPS) is 16.3. The summed E-state index contributed by atoms with van der Waals surface area (Å²) in [7, 11) is 2.05. The predicted molar refractivity (Wildman–Crippen MR) is 91.6 cm³/mol. The molecule has 0 amide bonds. The van der Waals surface area contributed by atoms with Crippen LogP contribution in [0.2, 0.25) is 0 Å². The summed E-state index contributed by atoms with van der Waals surface area (Å²) in [4.78, 5) is 18.5. The molecular weight excluding hydrogens is 288 g/mol. The number of hydrogen-bond acceptors (Lipinski definition) is 5. The van der Waals surface area contributed by atoms with E-state index in [9.17, 15) is 0 Å². The molecule has 0 atom stereocenters. The molecule has 0 spiro atoms. The van der Waals surface area contributed by atoms with E-state index in [0.717, 1.165) is 55.9 Å². The third-order valence-electron chi connectivity index (χ3n) is 4.36. The summed E-state index contributed by atoms with van der Waals surface area (Å²) < 4.78 is 2.09. The van der Waals surface area contributed by atoms with Gasteiger partial charge in [-0.15, -0.1) is 0 Å². The van der Waals surface area contributed by atoms with Crippen molar-refractivity contribution < 1.29 is 0 Å². The lowest BCUT2D eigenvalue weighted by molar-refractivity contribution is 0.241. The highest BCUT2D eigenvalue weighted by Crippen LogP contribution is 2.19. The first-order chi connectivity index (χ1) is 11.0. The van der Waals surface area contributed by atoms with E-state index in [0.29, 0.717) is 5.92 Å². The van der Waals surface area contributed by atoms with Crippen molar-refractivity contribution in [2.75, 3.05) is 31.1 Å². The van der Waals surface area contributed by atoms with Gasteiger partial charge in [0, 0.05) is 63.3 Å². The van der Waals surface area contributed by atoms with Crippen LogP contribution in [0.25, 0.3) is 0 Å². The molecule has 1 aliphatic rings. The summed E-state index contributed by atoms with van der Waals surface area (Å²) in [6.07, 6.45) is 3.87. The second-order valence-corrected chi connectivity index (χ2v) is 6.60. The Kier molecular flexibility index (Phi) is 4.61. The molecule has 124 valence electrons. The van der Waals surface area contributed by atoms with Gasteiger partial charge < -0.3 is 9.47 Å². The van der Waals surface area contributed by atoms with E-state index in [4.69, 9.17) is 4.98 Å². The molecule has 0 bridgehead atoms. The van der Waals surface area contributed by atoms with Gasteiger partial charge in [0.1, 0.15) is 17.5 Å². The van der Waals surface area contributed by atoms with Gasteiger partial charge in [0.25, 0.3) is 0 Å². The Bertz CT molecular complexity index is 655. The third kappa shape index (κ3) is 3.69. The molecule has 6 nitrogen and oxygen atoms in total. The summed E-state index contributed by atoms with van der Waals surface area (Å²) in [5.74, 6) is 3.49. The first-order valence-corrected chi connectivity index (χ1v) is 8.32. The van der Waals surface area contributed by atoms with E-state index in [-0.39, 0.29) is 0 Å². The molecule has 0 aliphatic carbocycles. The number of aromatic nitrogens is 4. The maximum Gasteiger partial charge on any atom is 0.133 e. The van der Waals surface area contributed by atoms with Crippen LogP contribution in [0.5, 0.6) is 0 Å². The topological polar surface area (TPSA) is 50.1 Å². The summed E-state index contributed by atoms with van der Waals surface area (Å²) in [6, 6.07) is 2.10. The van der Waals surface area contributed by atoms with Crippen molar-refractivity contribution in [3.05, 3.63) is 35.8 Å². The predicted octanol–water partition coefficient (Wildman–Crippen LogP) is 1.96. The summed E-state index contributed by atoms with van der Waals surface area (Å²) >= 11 is 0. The Balaban J connectivity index is 1.64. The second-order valence-electron chi connectivity index (χ2n) is 6.60. The Morgan fingerprint density at radius 1 is 1.13 bits per heavy atom. The fourth-order valence-corrected chi connectivity index (χ4v) is 2.88. The minimum atomic E-state index is 0.360. The Morgan fingerprint density at radius 3 is 2.48 bits per heavy atom. The van der Waals surface area contributed by atoms with Gasteiger partial charge in [-0.25, -0.2) is 15.0 Å². The van der Waals surface area contributed by atoms with Gasteiger partial charge in [-0.2, -0.15) is 0 Å². The fraction of sp³-hybridized carbons (Fsp3) is 0.588. The van der Waals surface area contributed by atoms with Crippen LogP contribution in [0.1, 0.15) is 37.1 Å². The number of hydrogen-bond donors (Lipinski definition) is 0. The van der Waals surface area contributed by atoms with Crippen LogP contribution in [0.15, 0.2) is 18.5 Å². The maximum atomic E-state index is 4.75. The average molecular weight is 314 g/mol. The van der Waals surface area contributed by atoms with Crippen molar-refractivity contribution in [3.8, 4) is 0 Å². The molecule has 0 radical (unpaired) electrons. The summed E-state index contributed by atoms with van der Waals surface area (Å²) in [5, 5.41) is 0. The molecule has 0 N–H and O–H groups in total. The molecule has 0 aromatic carbocycles. The van der Waals surface area contributed by atoms with Crippen molar-refractivity contribution in [2.45, 2.75) is 33.2 Å². The van der Waals surface area contributed by atoms with Crippen LogP contribution < -0.4 is 4.90 Å². The molecule has 0 saturated carbocycles. The van der Waals surface area contributed by atoms with E-state index in [1.165, 1.54) is 0 Å². The van der Waals surface area contributed by atoms with Crippen molar-refractivity contribution in [1.29, 1.82) is 0 Å². The van der Waals surface area contributed by atoms with Crippen LogP contribution in [0, 0.1) is 6.92 Å². The van der Waals surface area contributed by atoms with Gasteiger partial charge >= 0.3 is 0 Å². The zero-order valence-corrected chi connectivity index (χ0v) is 14.5. The maximum absolute atomic E-state index is 4.75. The third-order valence-corrected chi connectivity index (χ3v) is 4.36. The molecular formula is C17H26N6. The molecule has 3 heterocycles. The largest absolute Gasteiger partial charge is 0.354 e. The molecule has 23 heavy (non-hydrogen) atoms. The zero-order valence-electron chi connectivity index (χ0n) is 14.5. The van der Waals surface area contributed by atoms with Crippen molar-refractivity contribution in [2.24, 2.45) is 7.05 Å².